The first-order valence-corrected chi connectivity index (χ1v) is 7.06. The van der Waals surface area contributed by atoms with Gasteiger partial charge in [0.25, 0.3) is 5.56 Å². The smallest absolute Gasteiger partial charge is 0.267 e. The second-order valence-electron chi connectivity index (χ2n) is 5.23. The molecule has 0 spiro atoms. The zero-order valence-corrected chi connectivity index (χ0v) is 12.2. The molecular formula is C18H16N2O2. The summed E-state index contributed by atoms with van der Waals surface area (Å²) in [7, 11) is 0. The standard InChI is InChI=1S/C18H16N2O2/c1-12-6-2-4-8-15(12)16-11-14(18(22)20-19-16)10-13-7-3-5-9-17(13)21/h2-9,11,21H,10H2,1H3,(H,20,22). The Balaban J connectivity index is 2.03. The van der Waals surface area contributed by atoms with Crippen molar-refractivity contribution in [2.75, 3.05) is 0 Å². The molecule has 4 heteroatoms. The Hall–Kier alpha value is -2.88. The maximum atomic E-state index is 12.0. The highest BCUT2D eigenvalue weighted by atomic mass is 16.3. The van der Waals surface area contributed by atoms with E-state index >= 15 is 0 Å². The first-order chi connectivity index (χ1) is 10.6. The topological polar surface area (TPSA) is 66.0 Å². The van der Waals surface area contributed by atoms with E-state index in [1.807, 2.05) is 43.3 Å². The van der Waals surface area contributed by atoms with Crippen LogP contribution in [0.3, 0.4) is 0 Å². The SMILES string of the molecule is Cc1ccccc1-c1cc(Cc2ccccc2O)c(=O)[nH]n1. The van der Waals surface area contributed by atoms with Gasteiger partial charge in [0.1, 0.15) is 5.75 Å². The van der Waals surface area contributed by atoms with Gasteiger partial charge in [-0.1, -0.05) is 42.5 Å². The number of hydrogen-bond donors (Lipinski definition) is 2. The van der Waals surface area contributed by atoms with Gasteiger partial charge in [0, 0.05) is 17.5 Å². The fraction of sp³-hybridized carbons (Fsp3) is 0.111. The summed E-state index contributed by atoms with van der Waals surface area (Å²) in [5, 5.41) is 16.5. The highest BCUT2D eigenvalue weighted by Crippen LogP contribution is 2.22. The van der Waals surface area contributed by atoms with Crippen molar-refractivity contribution in [3.8, 4) is 17.0 Å². The molecule has 110 valence electrons. The van der Waals surface area contributed by atoms with Crippen molar-refractivity contribution in [2.24, 2.45) is 0 Å². The van der Waals surface area contributed by atoms with Gasteiger partial charge in [-0.25, -0.2) is 5.10 Å². The third kappa shape index (κ3) is 2.76. The second-order valence-corrected chi connectivity index (χ2v) is 5.23. The number of benzene rings is 2. The Bertz CT molecular complexity index is 869. The van der Waals surface area contributed by atoms with E-state index in [0.717, 1.165) is 22.4 Å². The maximum Gasteiger partial charge on any atom is 0.267 e. The third-order valence-electron chi connectivity index (χ3n) is 3.67. The number of aryl methyl sites for hydroxylation is 1. The van der Waals surface area contributed by atoms with Crippen LogP contribution in [0.25, 0.3) is 11.3 Å². The predicted molar refractivity (Wildman–Crippen MR) is 85.9 cm³/mol. The number of aromatic nitrogens is 2. The number of H-pyrrole nitrogens is 1. The molecule has 3 rings (SSSR count). The van der Waals surface area contributed by atoms with E-state index in [1.54, 1.807) is 18.2 Å². The van der Waals surface area contributed by atoms with Crippen LogP contribution < -0.4 is 5.56 Å². The zero-order valence-electron chi connectivity index (χ0n) is 12.2. The molecule has 0 radical (unpaired) electrons. The summed E-state index contributed by atoms with van der Waals surface area (Å²) in [6, 6.07) is 16.7. The first-order valence-electron chi connectivity index (χ1n) is 7.06. The third-order valence-corrected chi connectivity index (χ3v) is 3.67. The van der Waals surface area contributed by atoms with Crippen LogP contribution in [0.2, 0.25) is 0 Å². The van der Waals surface area contributed by atoms with Gasteiger partial charge < -0.3 is 5.11 Å². The van der Waals surface area contributed by atoms with Gasteiger partial charge in [-0.3, -0.25) is 4.79 Å². The molecular weight excluding hydrogens is 276 g/mol. The summed E-state index contributed by atoms with van der Waals surface area (Å²) >= 11 is 0. The number of nitrogens with zero attached hydrogens (tertiary/aromatic N) is 1. The first kappa shape index (κ1) is 14.1. The molecule has 0 aliphatic carbocycles. The van der Waals surface area contributed by atoms with Crippen molar-refractivity contribution in [3.63, 3.8) is 0 Å². The average Bonchev–Trinajstić information content (AvgIpc) is 2.52. The van der Waals surface area contributed by atoms with Crippen LogP contribution in [-0.4, -0.2) is 15.3 Å². The number of nitrogens with one attached hydrogen (secondary N) is 1. The molecule has 0 fully saturated rings. The van der Waals surface area contributed by atoms with Crippen LogP contribution in [0.15, 0.2) is 59.4 Å². The zero-order chi connectivity index (χ0) is 15.5. The number of rotatable bonds is 3. The van der Waals surface area contributed by atoms with Crippen molar-refractivity contribution in [3.05, 3.63) is 81.6 Å². The van der Waals surface area contributed by atoms with Crippen LogP contribution in [0.5, 0.6) is 5.75 Å². The van der Waals surface area contributed by atoms with Crippen LogP contribution in [-0.2, 0) is 6.42 Å². The molecule has 0 saturated carbocycles. The lowest BCUT2D eigenvalue weighted by atomic mass is 10.0. The number of hydrogen-bond acceptors (Lipinski definition) is 3. The quantitative estimate of drug-likeness (QED) is 0.779. The van der Waals surface area contributed by atoms with Gasteiger partial charge >= 0.3 is 0 Å². The molecule has 0 saturated heterocycles. The molecule has 4 nitrogen and oxygen atoms in total. The minimum atomic E-state index is -0.236. The van der Waals surface area contributed by atoms with Crippen LogP contribution in [0, 0.1) is 6.92 Å². The predicted octanol–water partition coefficient (Wildman–Crippen LogP) is 3.04. The van der Waals surface area contributed by atoms with Gasteiger partial charge in [0.15, 0.2) is 0 Å². The molecule has 22 heavy (non-hydrogen) atoms. The Morgan fingerprint density at radius 2 is 1.77 bits per heavy atom. The molecule has 2 N–H and O–H groups in total. The second kappa shape index (κ2) is 5.85. The Morgan fingerprint density at radius 3 is 2.55 bits per heavy atom. The van der Waals surface area contributed by atoms with E-state index in [9.17, 15) is 9.90 Å². The molecule has 2 aromatic carbocycles. The maximum absolute atomic E-state index is 12.0. The molecule has 0 aliphatic rings. The summed E-state index contributed by atoms with van der Waals surface area (Å²) in [6.07, 6.45) is 0.364. The Labute approximate surface area is 128 Å². The fourth-order valence-corrected chi connectivity index (χ4v) is 2.44. The average molecular weight is 292 g/mol. The number of aromatic hydroxyl groups is 1. The lowest BCUT2D eigenvalue weighted by Gasteiger charge is -2.07. The van der Waals surface area contributed by atoms with Gasteiger partial charge in [-0.15, -0.1) is 0 Å². The van der Waals surface area contributed by atoms with Crippen molar-refractivity contribution in [1.82, 2.24) is 10.2 Å². The number of phenolic OH excluding ortho intramolecular Hbond substituents is 1. The van der Waals surface area contributed by atoms with E-state index in [2.05, 4.69) is 10.2 Å². The molecule has 0 aliphatic heterocycles. The van der Waals surface area contributed by atoms with Gasteiger partial charge in [0.2, 0.25) is 0 Å². The number of phenols is 1. The van der Waals surface area contributed by atoms with Crippen molar-refractivity contribution >= 4 is 0 Å². The summed E-state index contributed by atoms with van der Waals surface area (Å²) < 4.78 is 0. The molecule has 3 aromatic rings. The Kier molecular flexibility index (Phi) is 3.74. The molecule has 0 bridgehead atoms. The van der Waals surface area contributed by atoms with Gasteiger partial charge in [-0.2, -0.15) is 5.10 Å². The van der Waals surface area contributed by atoms with E-state index in [4.69, 9.17) is 0 Å². The summed E-state index contributed by atoms with van der Waals surface area (Å²) in [5.41, 5.74) is 3.86. The van der Waals surface area contributed by atoms with Crippen LogP contribution in [0.1, 0.15) is 16.7 Å². The molecule has 0 unspecified atom stereocenters. The minimum absolute atomic E-state index is 0.191. The van der Waals surface area contributed by atoms with E-state index in [-0.39, 0.29) is 11.3 Å². The van der Waals surface area contributed by atoms with Crippen LogP contribution in [0.4, 0.5) is 0 Å². The van der Waals surface area contributed by atoms with E-state index in [1.165, 1.54) is 0 Å². The monoisotopic (exact) mass is 292 g/mol. The highest BCUT2D eigenvalue weighted by molar-refractivity contribution is 5.63. The highest BCUT2D eigenvalue weighted by Gasteiger charge is 2.09. The van der Waals surface area contributed by atoms with E-state index < -0.39 is 0 Å². The summed E-state index contributed by atoms with van der Waals surface area (Å²) in [6.45, 7) is 2.00. The molecule has 1 heterocycles. The molecule has 0 atom stereocenters. The lowest BCUT2D eigenvalue weighted by Crippen LogP contribution is -2.15. The lowest BCUT2D eigenvalue weighted by molar-refractivity contribution is 0.469. The van der Waals surface area contributed by atoms with Crippen molar-refractivity contribution in [1.29, 1.82) is 0 Å². The van der Waals surface area contributed by atoms with E-state index in [0.29, 0.717) is 12.0 Å². The summed E-state index contributed by atoms with van der Waals surface area (Å²) in [5.74, 6) is 0.191. The largest absolute Gasteiger partial charge is 0.508 e. The normalized spacial score (nSPS) is 10.6. The van der Waals surface area contributed by atoms with Gasteiger partial charge in [-0.05, 0) is 30.2 Å². The van der Waals surface area contributed by atoms with Gasteiger partial charge in [0.05, 0.1) is 5.69 Å². The van der Waals surface area contributed by atoms with Crippen molar-refractivity contribution < 1.29 is 5.11 Å². The van der Waals surface area contributed by atoms with Crippen LogP contribution >= 0.6 is 0 Å². The Morgan fingerprint density at radius 1 is 1.05 bits per heavy atom. The minimum Gasteiger partial charge on any atom is -0.508 e. The summed E-state index contributed by atoms with van der Waals surface area (Å²) in [4.78, 5) is 12.0. The molecule has 0 amide bonds. The number of para-hydroxylation sites is 1. The fourth-order valence-electron chi connectivity index (χ4n) is 2.44. The number of aromatic amines is 1. The van der Waals surface area contributed by atoms with Crippen molar-refractivity contribution in [2.45, 2.75) is 13.3 Å². The molecule has 1 aromatic heterocycles.